The zero-order valence-electron chi connectivity index (χ0n) is 11.9. The van der Waals surface area contributed by atoms with Gasteiger partial charge in [0.05, 0.1) is 5.41 Å². The van der Waals surface area contributed by atoms with Crippen molar-refractivity contribution >= 4 is 23.1 Å². The minimum absolute atomic E-state index is 0.438. The van der Waals surface area contributed by atoms with E-state index in [2.05, 4.69) is 11.1 Å². The van der Waals surface area contributed by atoms with Crippen LogP contribution in [0.5, 0.6) is 0 Å². The van der Waals surface area contributed by atoms with E-state index < -0.39 is 11.4 Å². The molecule has 2 heterocycles. The SMILES string of the molecule is Cc1cc(C)c2oc(N3CCC(C)(C(=O)O)C3)nc2c1. The summed E-state index contributed by atoms with van der Waals surface area (Å²) >= 11 is 0. The number of anilines is 1. The third-order valence-electron chi connectivity index (χ3n) is 4.07. The Morgan fingerprint density at radius 2 is 2.20 bits per heavy atom. The van der Waals surface area contributed by atoms with E-state index in [-0.39, 0.29) is 0 Å². The molecule has 20 heavy (non-hydrogen) atoms. The van der Waals surface area contributed by atoms with Crippen LogP contribution in [-0.4, -0.2) is 29.1 Å². The quantitative estimate of drug-likeness (QED) is 0.912. The summed E-state index contributed by atoms with van der Waals surface area (Å²) in [4.78, 5) is 17.7. The smallest absolute Gasteiger partial charge is 0.311 e. The molecule has 1 unspecified atom stereocenters. The number of benzene rings is 1. The molecule has 5 heteroatoms. The van der Waals surface area contributed by atoms with Crippen LogP contribution in [0.15, 0.2) is 16.5 Å². The highest BCUT2D eigenvalue weighted by Crippen LogP contribution is 2.35. The number of oxazole rings is 1. The first kappa shape index (κ1) is 13.0. The summed E-state index contributed by atoms with van der Waals surface area (Å²) < 4.78 is 5.83. The molecular formula is C15H18N2O3. The fourth-order valence-electron chi connectivity index (χ4n) is 2.80. The number of carboxylic acids is 1. The highest BCUT2D eigenvalue weighted by molar-refractivity contribution is 5.79. The highest BCUT2D eigenvalue weighted by atomic mass is 16.4. The molecule has 3 rings (SSSR count). The summed E-state index contributed by atoms with van der Waals surface area (Å²) in [6.45, 7) is 6.89. The normalized spacial score (nSPS) is 22.6. The van der Waals surface area contributed by atoms with Gasteiger partial charge < -0.3 is 14.4 Å². The van der Waals surface area contributed by atoms with E-state index in [1.54, 1.807) is 6.92 Å². The number of hydrogen-bond donors (Lipinski definition) is 1. The lowest BCUT2D eigenvalue weighted by molar-refractivity contribution is -0.146. The lowest BCUT2D eigenvalue weighted by Gasteiger charge is -2.18. The van der Waals surface area contributed by atoms with Gasteiger partial charge in [-0.2, -0.15) is 4.98 Å². The van der Waals surface area contributed by atoms with Crippen molar-refractivity contribution in [1.82, 2.24) is 4.98 Å². The third-order valence-corrected chi connectivity index (χ3v) is 4.07. The van der Waals surface area contributed by atoms with Gasteiger partial charge in [-0.3, -0.25) is 4.79 Å². The van der Waals surface area contributed by atoms with Crippen molar-refractivity contribution in [3.63, 3.8) is 0 Å². The Bertz CT molecular complexity index is 692. The number of aryl methyl sites for hydroxylation is 2. The standard InChI is InChI=1S/C15H18N2O3/c1-9-6-10(2)12-11(7-9)16-14(20-12)17-5-4-15(3,8-17)13(18)19/h6-7H,4-5,8H2,1-3H3,(H,18,19). The Kier molecular flexibility index (Phi) is 2.74. The highest BCUT2D eigenvalue weighted by Gasteiger charge is 2.41. The van der Waals surface area contributed by atoms with Crippen molar-refractivity contribution in [3.05, 3.63) is 23.3 Å². The van der Waals surface area contributed by atoms with E-state index in [1.807, 2.05) is 24.8 Å². The Morgan fingerprint density at radius 3 is 2.85 bits per heavy atom. The Balaban J connectivity index is 1.96. The molecule has 1 aromatic carbocycles. The maximum Gasteiger partial charge on any atom is 0.311 e. The van der Waals surface area contributed by atoms with Gasteiger partial charge in [-0.15, -0.1) is 0 Å². The van der Waals surface area contributed by atoms with Gasteiger partial charge in [0.1, 0.15) is 5.52 Å². The summed E-state index contributed by atoms with van der Waals surface area (Å²) in [5, 5.41) is 9.28. The van der Waals surface area contributed by atoms with Crippen molar-refractivity contribution in [2.75, 3.05) is 18.0 Å². The molecule has 1 N–H and O–H groups in total. The fourth-order valence-corrected chi connectivity index (χ4v) is 2.80. The third kappa shape index (κ3) is 1.94. The molecule has 1 aliphatic heterocycles. The van der Waals surface area contributed by atoms with Gasteiger partial charge in [0.2, 0.25) is 0 Å². The number of carbonyl (C=O) groups is 1. The number of aliphatic carboxylic acids is 1. The lowest BCUT2D eigenvalue weighted by Crippen LogP contribution is -2.31. The van der Waals surface area contributed by atoms with Crippen LogP contribution in [0.25, 0.3) is 11.1 Å². The molecule has 1 aliphatic rings. The number of carboxylic acid groups (broad SMARTS) is 1. The first-order valence-electron chi connectivity index (χ1n) is 6.75. The van der Waals surface area contributed by atoms with E-state index in [0.717, 1.165) is 22.2 Å². The second-order valence-electron chi connectivity index (χ2n) is 5.96. The van der Waals surface area contributed by atoms with Crippen molar-refractivity contribution in [2.24, 2.45) is 5.41 Å². The second-order valence-corrected chi connectivity index (χ2v) is 5.96. The molecule has 1 saturated heterocycles. The van der Waals surface area contributed by atoms with Gasteiger partial charge in [0.15, 0.2) is 5.58 Å². The average molecular weight is 274 g/mol. The van der Waals surface area contributed by atoms with Crippen molar-refractivity contribution < 1.29 is 14.3 Å². The van der Waals surface area contributed by atoms with Crippen LogP contribution >= 0.6 is 0 Å². The number of aromatic nitrogens is 1. The van der Waals surface area contributed by atoms with E-state index >= 15 is 0 Å². The fraction of sp³-hybridized carbons (Fsp3) is 0.467. The molecule has 5 nitrogen and oxygen atoms in total. The zero-order valence-corrected chi connectivity index (χ0v) is 11.9. The molecule has 0 radical (unpaired) electrons. The first-order valence-corrected chi connectivity index (χ1v) is 6.75. The van der Waals surface area contributed by atoms with E-state index in [4.69, 9.17) is 4.42 Å². The monoisotopic (exact) mass is 274 g/mol. The summed E-state index contributed by atoms with van der Waals surface area (Å²) in [7, 11) is 0. The van der Waals surface area contributed by atoms with Gasteiger partial charge in [-0.25, -0.2) is 0 Å². The van der Waals surface area contributed by atoms with Gasteiger partial charge in [-0.05, 0) is 44.4 Å². The zero-order chi connectivity index (χ0) is 14.5. The molecule has 0 amide bonds. The molecule has 1 aromatic heterocycles. The summed E-state index contributed by atoms with van der Waals surface area (Å²) in [5.41, 5.74) is 3.10. The second kappa shape index (κ2) is 4.23. The van der Waals surface area contributed by atoms with Gasteiger partial charge in [0.25, 0.3) is 6.01 Å². The number of rotatable bonds is 2. The Labute approximate surface area is 117 Å². The van der Waals surface area contributed by atoms with Crippen LogP contribution in [-0.2, 0) is 4.79 Å². The molecule has 0 spiro atoms. The van der Waals surface area contributed by atoms with Crippen molar-refractivity contribution in [2.45, 2.75) is 27.2 Å². The Morgan fingerprint density at radius 1 is 1.45 bits per heavy atom. The van der Waals surface area contributed by atoms with Crippen LogP contribution in [0.4, 0.5) is 6.01 Å². The molecule has 1 atom stereocenters. The summed E-state index contributed by atoms with van der Waals surface area (Å²) in [5.74, 6) is -0.761. The Hall–Kier alpha value is -2.04. The predicted molar refractivity (Wildman–Crippen MR) is 76.1 cm³/mol. The molecule has 0 bridgehead atoms. The van der Waals surface area contributed by atoms with E-state index in [1.165, 1.54) is 0 Å². The molecule has 2 aromatic rings. The predicted octanol–water partition coefficient (Wildman–Crippen LogP) is 2.75. The average Bonchev–Trinajstić information content (AvgIpc) is 2.93. The number of fused-ring (bicyclic) bond motifs is 1. The molecule has 0 saturated carbocycles. The van der Waals surface area contributed by atoms with Crippen LogP contribution in [0, 0.1) is 19.3 Å². The van der Waals surface area contributed by atoms with Crippen LogP contribution in [0.3, 0.4) is 0 Å². The summed E-state index contributed by atoms with van der Waals surface area (Å²) in [6, 6.07) is 4.57. The minimum Gasteiger partial charge on any atom is -0.481 e. The van der Waals surface area contributed by atoms with Gasteiger partial charge in [0, 0.05) is 13.1 Å². The van der Waals surface area contributed by atoms with E-state index in [9.17, 15) is 9.90 Å². The number of nitrogens with zero attached hydrogens (tertiary/aromatic N) is 2. The lowest BCUT2D eigenvalue weighted by atomic mass is 9.90. The van der Waals surface area contributed by atoms with E-state index in [0.29, 0.717) is 25.5 Å². The molecule has 0 aliphatic carbocycles. The maximum absolute atomic E-state index is 11.3. The molecule has 1 fully saturated rings. The molecule has 106 valence electrons. The largest absolute Gasteiger partial charge is 0.481 e. The van der Waals surface area contributed by atoms with Gasteiger partial charge >= 0.3 is 5.97 Å². The molecular weight excluding hydrogens is 256 g/mol. The number of hydrogen-bond acceptors (Lipinski definition) is 4. The van der Waals surface area contributed by atoms with Crippen molar-refractivity contribution in [3.8, 4) is 0 Å². The van der Waals surface area contributed by atoms with Crippen LogP contribution < -0.4 is 4.90 Å². The maximum atomic E-state index is 11.3. The van der Waals surface area contributed by atoms with Crippen LogP contribution in [0.2, 0.25) is 0 Å². The summed E-state index contributed by atoms with van der Waals surface area (Å²) in [6.07, 6.45) is 0.610. The topological polar surface area (TPSA) is 66.6 Å². The first-order chi connectivity index (χ1) is 9.39. The van der Waals surface area contributed by atoms with Crippen molar-refractivity contribution in [1.29, 1.82) is 0 Å². The minimum atomic E-state index is -0.761. The van der Waals surface area contributed by atoms with Crippen LogP contribution in [0.1, 0.15) is 24.5 Å². The van der Waals surface area contributed by atoms with Gasteiger partial charge in [-0.1, -0.05) is 6.07 Å².